The first-order chi connectivity index (χ1) is 8.17. The minimum atomic E-state index is -0.394. The molecule has 0 aliphatic heterocycles. The van der Waals surface area contributed by atoms with Crippen LogP contribution in [-0.2, 0) is 14.3 Å². The molecular formula is C11H20N2O4. The normalized spacial score (nSPS) is 14.2. The van der Waals surface area contributed by atoms with E-state index in [0.717, 1.165) is 12.8 Å². The van der Waals surface area contributed by atoms with E-state index in [-0.39, 0.29) is 18.6 Å². The van der Waals surface area contributed by atoms with Crippen LogP contribution >= 0.6 is 0 Å². The van der Waals surface area contributed by atoms with Crippen molar-refractivity contribution in [3.05, 3.63) is 0 Å². The van der Waals surface area contributed by atoms with Crippen LogP contribution < -0.4 is 5.32 Å². The number of carbonyl (C=O) groups excluding carboxylic acids is 2. The first-order valence-corrected chi connectivity index (χ1v) is 5.87. The van der Waals surface area contributed by atoms with Crippen molar-refractivity contribution in [2.24, 2.45) is 0 Å². The minimum absolute atomic E-state index is 0.0320. The highest BCUT2D eigenvalue weighted by molar-refractivity contribution is 5.81. The van der Waals surface area contributed by atoms with Gasteiger partial charge in [-0.25, -0.2) is 4.79 Å². The molecule has 1 fully saturated rings. The Morgan fingerprint density at radius 2 is 2.12 bits per heavy atom. The van der Waals surface area contributed by atoms with Gasteiger partial charge in [-0.3, -0.25) is 4.79 Å². The fraction of sp³-hybridized carbons (Fsp3) is 0.818. The van der Waals surface area contributed by atoms with Gasteiger partial charge in [-0.05, 0) is 19.8 Å². The van der Waals surface area contributed by atoms with Crippen molar-refractivity contribution in [3.8, 4) is 0 Å². The highest BCUT2D eigenvalue weighted by Crippen LogP contribution is 2.18. The van der Waals surface area contributed by atoms with Crippen molar-refractivity contribution in [1.29, 1.82) is 0 Å². The van der Waals surface area contributed by atoms with Crippen LogP contribution in [0, 0.1) is 0 Å². The van der Waals surface area contributed by atoms with Gasteiger partial charge in [0.05, 0.1) is 13.2 Å². The van der Waals surface area contributed by atoms with Crippen molar-refractivity contribution in [2.45, 2.75) is 25.8 Å². The van der Waals surface area contributed by atoms with Gasteiger partial charge in [0.25, 0.3) is 0 Å². The summed E-state index contributed by atoms with van der Waals surface area (Å²) in [5.41, 5.74) is 0. The molecule has 1 saturated carbocycles. The Bertz CT molecular complexity index is 266. The molecule has 2 amide bonds. The van der Waals surface area contributed by atoms with Crippen molar-refractivity contribution in [1.82, 2.24) is 10.2 Å². The summed E-state index contributed by atoms with van der Waals surface area (Å²) in [6.07, 6.45) is 2.03. The van der Waals surface area contributed by atoms with E-state index in [4.69, 9.17) is 9.47 Å². The maximum absolute atomic E-state index is 11.8. The number of rotatable bonds is 7. The Hall–Kier alpha value is -1.30. The van der Waals surface area contributed by atoms with Gasteiger partial charge in [0.15, 0.2) is 0 Å². The summed E-state index contributed by atoms with van der Waals surface area (Å²) in [5.74, 6) is -0.394. The van der Waals surface area contributed by atoms with Crippen LogP contribution in [0.25, 0.3) is 0 Å². The zero-order chi connectivity index (χ0) is 12.7. The Labute approximate surface area is 101 Å². The van der Waals surface area contributed by atoms with Gasteiger partial charge in [-0.1, -0.05) is 0 Å². The third kappa shape index (κ3) is 5.53. The molecule has 0 atom stereocenters. The highest BCUT2D eigenvalue weighted by atomic mass is 16.5. The van der Waals surface area contributed by atoms with E-state index in [1.165, 1.54) is 4.90 Å². The van der Waals surface area contributed by atoms with Crippen LogP contribution in [0.1, 0.15) is 19.8 Å². The van der Waals surface area contributed by atoms with Crippen molar-refractivity contribution < 1.29 is 19.1 Å². The third-order valence-corrected chi connectivity index (χ3v) is 2.38. The lowest BCUT2D eigenvalue weighted by Crippen LogP contribution is -2.45. The number of urea groups is 1. The van der Waals surface area contributed by atoms with E-state index < -0.39 is 5.97 Å². The Balaban J connectivity index is 2.39. The molecule has 0 unspecified atom stereocenters. The van der Waals surface area contributed by atoms with Gasteiger partial charge in [0.1, 0.15) is 6.54 Å². The first-order valence-electron chi connectivity index (χ1n) is 5.87. The molecule has 0 aromatic carbocycles. The highest BCUT2D eigenvalue weighted by Gasteiger charge is 2.26. The van der Waals surface area contributed by atoms with Crippen LogP contribution in [0.5, 0.6) is 0 Å². The number of nitrogens with zero attached hydrogens (tertiary/aromatic N) is 1. The molecule has 1 rings (SSSR count). The summed E-state index contributed by atoms with van der Waals surface area (Å²) in [7, 11) is 1.56. The van der Waals surface area contributed by atoms with E-state index in [0.29, 0.717) is 19.8 Å². The van der Waals surface area contributed by atoms with Crippen LogP contribution in [0.4, 0.5) is 4.79 Å². The zero-order valence-electron chi connectivity index (χ0n) is 10.4. The molecular weight excluding hydrogens is 224 g/mol. The number of nitrogens with one attached hydrogen (secondary N) is 1. The van der Waals surface area contributed by atoms with E-state index in [9.17, 15) is 9.59 Å². The van der Waals surface area contributed by atoms with E-state index in [1.54, 1.807) is 14.0 Å². The average molecular weight is 244 g/mol. The van der Waals surface area contributed by atoms with Gasteiger partial charge in [-0.15, -0.1) is 0 Å². The molecule has 0 aromatic rings. The molecule has 1 aliphatic carbocycles. The molecule has 0 heterocycles. The van der Waals surface area contributed by atoms with Crippen molar-refractivity contribution in [3.63, 3.8) is 0 Å². The number of carbonyl (C=O) groups is 2. The second-order valence-corrected chi connectivity index (χ2v) is 3.94. The molecule has 1 N–H and O–H groups in total. The summed E-state index contributed by atoms with van der Waals surface area (Å²) in [4.78, 5) is 24.5. The molecule has 1 aliphatic rings. The van der Waals surface area contributed by atoms with E-state index >= 15 is 0 Å². The lowest BCUT2D eigenvalue weighted by molar-refractivity contribution is -0.143. The van der Waals surface area contributed by atoms with Crippen molar-refractivity contribution >= 4 is 12.0 Å². The standard InChI is InChI=1S/C11H20N2O4/c1-3-17-10(14)8-13(6-7-16-2)11(15)12-9-4-5-9/h9H,3-8H2,1-2H3,(H,12,15). The predicted molar refractivity (Wildman–Crippen MR) is 61.6 cm³/mol. The largest absolute Gasteiger partial charge is 0.465 e. The third-order valence-electron chi connectivity index (χ3n) is 2.38. The molecule has 0 radical (unpaired) electrons. The molecule has 6 heteroatoms. The lowest BCUT2D eigenvalue weighted by atomic mass is 10.5. The van der Waals surface area contributed by atoms with Crippen LogP contribution in [-0.4, -0.2) is 56.4 Å². The fourth-order valence-electron chi connectivity index (χ4n) is 1.31. The Morgan fingerprint density at radius 3 is 2.65 bits per heavy atom. The summed E-state index contributed by atoms with van der Waals surface area (Å²) in [5, 5.41) is 2.83. The van der Waals surface area contributed by atoms with E-state index in [1.807, 2.05) is 0 Å². The molecule has 98 valence electrons. The Morgan fingerprint density at radius 1 is 1.41 bits per heavy atom. The second-order valence-electron chi connectivity index (χ2n) is 3.94. The van der Waals surface area contributed by atoms with E-state index in [2.05, 4.69) is 5.32 Å². The molecule has 0 saturated heterocycles. The molecule has 0 spiro atoms. The topological polar surface area (TPSA) is 67.9 Å². The average Bonchev–Trinajstić information content (AvgIpc) is 3.08. The molecule has 6 nitrogen and oxygen atoms in total. The lowest BCUT2D eigenvalue weighted by Gasteiger charge is -2.21. The second kappa shape index (κ2) is 7.11. The number of hydrogen-bond acceptors (Lipinski definition) is 4. The number of hydrogen-bond donors (Lipinski definition) is 1. The molecule has 17 heavy (non-hydrogen) atoms. The predicted octanol–water partition coefficient (Wildman–Crippen LogP) is 0.370. The number of esters is 1. The summed E-state index contributed by atoms with van der Waals surface area (Å²) >= 11 is 0. The SMILES string of the molecule is CCOC(=O)CN(CCOC)C(=O)NC1CC1. The summed E-state index contributed by atoms with van der Waals surface area (Å²) in [6, 6.07) is 0.0485. The van der Waals surface area contributed by atoms with Gasteiger partial charge >= 0.3 is 12.0 Å². The molecule has 0 aromatic heterocycles. The number of ether oxygens (including phenoxy) is 2. The van der Waals surface area contributed by atoms with Gasteiger partial charge in [0.2, 0.25) is 0 Å². The zero-order valence-corrected chi connectivity index (χ0v) is 10.4. The van der Waals surface area contributed by atoms with Crippen LogP contribution in [0.2, 0.25) is 0 Å². The number of amides is 2. The van der Waals surface area contributed by atoms with Gasteiger partial charge in [-0.2, -0.15) is 0 Å². The fourth-order valence-corrected chi connectivity index (χ4v) is 1.31. The monoisotopic (exact) mass is 244 g/mol. The van der Waals surface area contributed by atoms with Crippen LogP contribution in [0.3, 0.4) is 0 Å². The van der Waals surface area contributed by atoms with Crippen molar-refractivity contribution in [2.75, 3.05) is 33.4 Å². The van der Waals surface area contributed by atoms with Gasteiger partial charge in [0, 0.05) is 19.7 Å². The minimum Gasteiger partial charge on any atom is -0.465 e. The maximum Gasteiger partial charge on any atom is 0.325 e. The summed E-state index contributed by atoms with van der Waals surface area (Å²) < 4.78 is 9.73. The summed E-state index contributed by atoms with van der Waals surface area (Å²) in [6.45, 7) is 2.81. The smallest absolute Gasteiger partial charge is 0.325 e. The Kier molecular flexibility index (Phi) is 5.76. The first kappa shape index (κ1) is 13.8. The van der Waals surface area contributed by atoms with Gasteiger partial charge < -0.3 is 19.7 Å². The number of methoxy groups -OCH3 is 1. The quantitative estimate of drug-likeness (QED) is 0.657. The van der Waals surface area contributed by atoms with Crippen LogP contribution in [0.15, 0.2) is 0 Å². The molecule has 0 bridgehead atoms. The maximum atomic E-state index is 11.8.